The maximum atomic E-state index is 10.8. The van der Waals surface area contributed by atoms with E-state index in [1.165, 1.54) is 0 Å². The van der Waals surface area contributed by atoms with Crippen LogP contribution in [0.25, 0.3) is 22.6 Å². The van der Waals surface area contributed by atoms with Crippen molar-refractivity contribution in [2.75, 3.05) is 0 Å². The first-order valence-electron chi connectivity index (χ1n) is 5.95. The van der Waals surface area contributed by atoms with Crippen molar-refractivity contribution in [2.45, 2.75) is 6.42 Å². The van der Waals surface area contributed by atoms with E-state index in [4.69, 9.17) is 27.6 Å². The molecule has 0 radical (unpaired) electrons. The SMILES string of the molecule is O=C(Cl)Cc1ccc(-c2nc3cc(Cl)ccc3o2)cc1. The molecule has 0 aliphatic carbocycles. The second-order valence-electron chi connectivity index (χ2n) is 4.36. The van der Waals surface area contributed by atoms with Crippen LogP contribution >= 0.6 is 23.2 Å². The van der Waals surface area contributed by atoms with Crippen LogP contribution in [0, 0.1) is 0 Å². The molecule has 0 saturated carbocycles. The average Bonchev–Trinajstić information content (AvgIpc) is 2.81. The summed E-state index contributed by atoms with van der Waals surface area (Å²) in [6.07, 6.45) is 0.213. The van der Waals surface area contributed by atoms with Crippen LogP contribution in [-0.2, 0) is 11.2 Å². The summed E-state index contributed by atoms with van der Waals surface area (Å²) in [4.78, 5) is 15.2. The third kappa shape index (κ3) is 2.69. The molecule has 3 aromatic rings. The van der Waals surface area contributed by atoms with Crippen molar-refractivity contribution in [3.63, 3.8) is 0 Å². The van der Waals surface area contributed by atoms with Gasteiger partial charge in [0.2, 0.25) is 11.1 Å². The first-order valence-corrected chi connectivity index (χ1v) is 6.71. The maximum absolute atomic E-state index is 10.8. The zero-order valence-electron chi connectivity index (χ0n) is 10.3. The molecule has 0 fully saturated rings. The summed E-state index contributed by atoms with van der Waals surface area (Å²) in [7, 11) is 0. The van der Waals surface area contributed by atoms with Crippen molar-refractivity contribution in [2.24, 2.45) is 0 Å². The zero-order valence-corrected chi connectivity index (χ0v) is 11.8. The van der Waals surface area contributed by atoms with Crippen molar-refractivity contribution in [1.82, 2.24) is 4.98 Å². The molecule has 0 N–H and O–H groups in total. The summed E-state index contributed by atoms with van der Waals surface area (Å²) in [5.74, 6) is 0.519. The van der Waals surface area contributed by atoms with Gasteiger partial charge < -0.3 is 4.42 Å². The summed E-state index contributed by atoms with van der Waals surface area (Å²) in [5.41, 5.74) is 3.09. The lowest BCUT2D eigenvalue weighted by atomic mass is 10.1. The number of halogens is 2. The predicted octanol–water partition coefficient (Wildman–Crippen LogP) is 4.46. The predicted molar refractivity (Wildman–Crippen MR) is 79.0 cm³/mol. The number of carbonyl (C=O) groups is 1. The number of aromatic nitrogens is 1. The standard InChI is InChI=1S/C15H9Cl2NO2/c16-11-5-6-13-12(8-11)18-15(20-13)10-3-1-9(2-4-10)7-14(17)19/h1-6,8H,7H2. The number of hydrogen-bond donors (Lipinski definition) is 0. The molecule has 0 unspecified atom stereocenters. The van der Waals surface area contributed by atoms with E-state index >= 15 is 0 Å². The monoisotopic (exact) mass is 305 g/mol. The molecule has 0 saturated heterocycles. The Balaban J connectivity index is 1.96. The molecule has 5 heteroatoms. The molecular weight excluding hydrogens is 297 g/mol. The number of nitrogens with zero attached hydrogens (tertiary/aromatic N) is 1. The van der Waals surface area contributed by atoms with Gasteiger partial charge in [-0.1, -0.05) is 23.7 Å². The number of hydrogen-bond acceptors (Lipinski definition) is 3. The van der Waals surface area contributed by atoms with E-state index in [9.17, 15) is 4.79 Å². The molecule has 3 nitrogen and oxygen atoms in total. The topological polar surface area (TPSA) is 43.1 Å². The fourth-order valence-electron chi connectivity index (χ4n) is 1.95. The Bertz CT molecular complexity index is 778. The van der Waals surface area contributed by atoms with Crippen LogP contribution in [-0.4, -0.2) is 10.2 Å². The molecule has 0 aliphatic heterocycles. The molecule has 0 atom stereocenters. The van der Waals surface area contributed by atoms with Crippen molar-refractivity contribution in [3.05, 3.63) is 53.1 Å². The average molecular weight is 306 g/mol. The van der Waals surface area contributed by atoms with Gasteiger partial charge in [-0.15, -0.1) is 0 Å². The minimum atomic E-state index is -0.380. The van der Waals surface area contributed by atoms with Crippen LogP contribution in [0.4, 0.5) is 0 Å². The van der Waals surface area contributed by atoms with E-state index < -0.39 is 0 Å². The van der Waals surface area contributed by atoms with E-state index in [0.717, 1.165) is 11.1 Å². The first-order chi connectivity index (χ1) is 9.61. The van der Waals surface area contributed by atoms with Crippen molar-refractivity contribution >= 4 is 39.5 Å². The second-order valence-corrected chi connectivity index (χ2v) is 5.22. The van der Waals surface area contributed by atoms with E-state index in [-0.39, 0.29) is 11.7 Å². The lowest BCUT2D eigenvalue weighted by Gasteiger charge is -1.98. The summed E-state index contributed by atoms with van der Waals surface area (Å²) in [5, 5.41) is 0.238. The highest BCUT2D eigenvalue weighted by Gasteiger charge is 2.09. The van der Waals surface area contributed by atoms with Crippen LogP contribution in [0.5, 0.6) is 0 Å². The smallest absolute Gasteiger partial charge is 0.227 e. The fraction of sp³-hybridized carbons (Fsp3) is 0.0667. The van der Waals surface area contributed by atoms with E-state index in [1.54, 1.807) is 18.2 Å². The van der Waals surface area contributed by atoms with Crippen molar-refractivity contribution in [3.8, 4) is 11.5 Å². The molecule has 3 rings (SSSR count). The largest absolute Gasteiger partial charge is 0.436 e. The molecule has 0 aliphatic rings. The van der Waals surface area contributed by atoms with Gasteiger partial charge in [-0.25, -0.2) is 4.98 Å². The molecule has 2 aromatic carbocycles. The molecular formula is C15H9Cl2NO2. The summed E-state index contributed by atoms with van der Waals surface area (Å²) < 4.78 is 5.67. The summed E-state index contributed by atoms with van der Waals surface area (Å²) in [6.45, 7) is 0. The quantitative estimate of drug-likeness (QED) is 0.671. The molecule has 0 amide bonds. The van der Waals surface area contributed by atoms with E-state index in [1.807, 2.05) is 24.3 Å². The molecule has 0 spiro atoms. The summed E-state index contributed by atoms with van der Waals surface area (Å²) in [6, 6.07) is 12.7. The lowest BCUT2D eigenvalue weighted by molar-refractivity contribution is -0.111. The molecule has 1 aromatic heterocycles. The third-order valence-corrected chi connectivity index (χ3v) is 3.26. The Labute approximate surface area is 125 Å². The molecule has 1 heterocycles. The highest BCUT2D eigenvalue weighted by atomic mass is 35.5. The molecule has 20 heavy (non-hydrogen) atoms. The van der Waals surface area contributed by atoms with Gasteiger partial charge in [0.1, 0.15) is 5.52 Å². The van der Waals surface area contributed by atoms with Gasteiger partial charge in [0.25, 0.3) is 0 Å². The van der Waals surface area contributed by atoms with Gasteiger partial charge >= 0.3 is 0 Å². The van der Waals surface area contributed by atoms with Crippen LogP contribution in [0.1, 0.15) is 5.56 Å². The van der Waals surface area contributed by atoms with Crippen LogP contribution in [0.3, 0.4) is 0 Å². The highest BCUT2D eigenvalue weighted by Crippen LogP contribution is 2.26. The number of oxazole rings is 1. The minimum Gasteiger partial charge on any atom is -0.436 e. The fourth-order valence-corrected chi connectivity index (χ4v) is 2.27. The number of carbonyl (C=O) groups excluding carboxylic acids is 1. The van der Waals surface area contributed by atoms with Gasteiger partial charge in [0.15, 0.2) is 5.58 Å². The summed E-state index contributed by atoms with van der Waals surface area (Å²) >= 11 is 11.3. The van der Waals surface area contributed by atoms with Crippen molar-refractivity contribution < 1.29 is 9.21 Å². The Morgan fingerprint density at radius 2 is 1.90 bits per heavy atom. The first kappa shape index (κ1) is 13.2. The van der Waals surface area contributed by atoms with Gasteiger partial charge in [0, 0.05) is 17.0 Å². The van der Waals surface area contributed by atoms with Crippen LogP contribution < -0.4 is 0 Å². The van der Waals surface area contributed by atoms with Gasteiger partial charge in [-0.2, -0.15) is 0 Å². The maximum Gasteiger partial charge on any atom is 0.227 e. The van der Waals surface area contributed by atoms with E-state index in [0.29, 0.717) is 22.0 Å². The number of benzene rings is 2. The normalized spacial score (nSPS) is 10.9. The van der Waals surface area contributed by atoms with Crippen LogP contribution in [0.2, 0.25) is 5.02 Å². The Kier molecular flexibility index (Phi) is 3.47. The Morgan fingerprint density at radius 1 is 1.15 bits per heavy atom. The molecule has 0 bridgehead atoms. The zero-order chi connectivity index (χ0) is 14.1. The number of rotatable bonds is 3. The Morgan fingerprint density at radius 3 is 2.60 bits per heavy atom. The molecule has 100 valence electrons. The second kappa shape index (κ2) is 5.27. The highest BCUT2D eigenvalue weighted by molar-refractivity contribution is 6.63. The van der Waals surface area contributed by atoms with Gasteiger partial charge in [-0.05, 0) is 47.5 Å². The van der Waals surface area contributed by atoms with E-state index in [2.05, 4.69) is 4.98 Å². The van der Waals surface area contributed by atoms with Gasteiger partial charge in [-0.3, -0.25) is 4.79 Å². The third-order valence-electron chi connectivity index (χ3n) is 2.89. The number of fused-ring (bicyclic) bond motifs is 1. The lowest BCUT2D eigenvalue weighted by Crippen LogP contribution is -1.92. The minimum absolute atomic E-state index is 0.213. The van der Waals surface area contributed by atoms with Gasteiger partial charge in [0.05, 0.1) is 0 Å². The van der Waals surface area contributed by atoms with Crippen LogP contribution in [0.15, 0.2) is 46.9 Å². The Hall–Kier alpha value is -1.84. The van der Waals surface area contributed by atoms with Crippen molar-refractivity contribution in [1.29, 1.82) is 0 Å².